The average molecular weight is 291 g/mol. The minimum Gasteiger partial charge on any atom is -0.330 e. The van der Waals surface area contributed by atoms with Crippen LogP contribution < -0.4 is 10.7 Å². The maximum atomic E-state index is 13.4. The molecule has 4 nitrogen and oxygen atoms in total. The number of hydrogen-bond acceptors (Lipinski definition) is 3. The van der Waals surface area contributed by atoms with Crippen molar-refractivity contribution in [1.82, 2.24) is 0 Å². The number of benzene rings is 1. The molecular weight excluding hydrogens is 269 g/mol. The molecule has 2 N–H and O–H groups in total. The first-order valence-corrected chi connectivity index (χ1v) is 7.23. The Bertz CT molecular complexity index is 563. The molecule has 1 atom stereocenters. The van der Waals surface area contributed by atoms with Crippen LogP contribution in [0.3, 0.4) is 0 Å². The van der Waals surface area contributed by atoms with Crippen molar-refractivity contribution < 1.29 is 9.18 Å². The number of amides is 1. The third-order valence-electron chi connectivity index (χ3n) is 3.56. The first kappa shape index (κ1) is 15.6. The summed E-state index contributed by atoms with van der Waals surface area (Å²) in [4.78, 5) is 12.6. The maximum Gasteiger partial charge on any atom is 0.256 e. The lowest BCUT2D eigenvalue weighted by molar-refractivity contribution is -0.120. The van der Waals surface area contributed by atoms with Crippen LogP contribution in [0.4, 0.5) is 10.1 Å². The normalized spacial score (nSPS) is 19.1. The second-order valence-corrected chi connectivity index (χ2v) is 6.35. The van der Waals surface area contributed by atoms with Crippen molar-refractivity contribution in [3.8, 4) is 0 Å². The van der Waals surface area contributed by atoms with Crippen molar-refractivity contribution in [1.29, 1.82) is 0 Å². The van der Waals surface area contributed by atoms with Gasteiger partial charge in [0, 0.05) is 5.41 Å². The summed E-state index contributed by atoms with van der Waals surface area (Å²) < 4.78 is 13.4. The minimum atomic E-state index is -0.377. The van der Waals surface area contributed by atoms with Gasteiger partial charge in [-0.1, -0.05) is 26.8 Å². The highest BCUT2D eigenvalue weighted by atomic mass is 19.1. The number of hydrogen-bond donors (Lipinski definition) is 1. The molecule has 1 amide bonds. The van der Waals surface area contributed by atoms with Crippen LogP contribution in [0.25, 0.3) is 0 Å². The zero-order valence-electron chi connectivity index (χ0n) is 12.8. The van der Waals surface area contributed by atoms with E-state index in [4.69, 9.17) is 5.73 Å². The van der Waals surface area contributed by atoms with E-state index in [9.17, 15) is 9.18 Å². The van der Waals surface area contributed by atoms with Gasteiger partial charge >= 0.3 is 0 Å². The van der Waals surface area contributed by atoms with Crippen LogP contribution in [-0.2, 0) is 4.79 Å². The van der Waals surface area contributed by atoms with E-state index in [1.54, 1.807) is 12.1 Å². The van der Waals surface area contributed by atoms with E-state index in [2.05, 4.69) is 5.10 Å². The molecule has 114 valence electrons. The Morgan fingerprint density at radius 1 is 1.38 bits per heavy atom. The Labute approximate surface area is 124 Å². The minimum absolute atomic E-state index is 0.0982. The zero-order valence-corrected chi connectivity index (χ0v) is 12.8. The van der Waals surface area contributed by atoms with Gasteiger partial charge in [0.15, 0.2) is 0 Å². The molecule has 1 aliphatic rings. The predicted molar refractivity (Wildman–Crippen MR) is 82.6 cm³/mol. The molecule has 0 bridgehead atoms. The average Bonchev–Trinajstić information content (AvgIpc) is 2.73. The summed E-state index contributed by atoms with van der Waals surface area (Å²) in [5.41, 5.74) is 6.65. The quantitative estimate of drug-likeness (QED) is 0.927. The van der Waals surface area contributed by atoms with Crippen molar-refractivity contribution in [2.45, 2.75) is 33.6 Å². The summed E-state index contributed by atoms with van der Waals surface area (Å²) >= 11 is 0. The Morgan fingerprint density at radius 3 is 2.67 bits per heavy atom. The fraction of sp³-hybridized carbons (Fsp3) is 0.500. The number of anilines is 1. The van der Waals surface area contributed by atoms with Crippen LogP contribution >= 0.6 is 0 Å². The van der Waals surface area contributed by atoms with Gasteiger partial charge in [0.1, 0.15) is 5.82 Å². The van der Waals surface area contributed by atoms with E-state index < -0.39 is 0 Å². The van der Waals surface area contributed by atoms with E-state index in [-0.39, 0.29) is 23.1 Å². The van der Waals surface area contributed by atoms with E-state index in [0.29, 0.717) is 18.7 Å². The summed E-state index contributed by atoms with van der Waals surface area (Å²) in [6, 6.07) is 5.95. The highest BCUT2D eigenvalue weighted by Gasteiger charge is 2.41. The zero-order chi connectivity index (χ0) is 15.6. The number of nitrogens with zero attached hydrogens (tertiary/aromatic N) is 2. The summed E-state index contributed by atoms with van der Waals surface area (Å²) in [5.74, 6) is -0.742. The third-order valence-corrected chi connectivity index (χ3v) is 3.56. The number of hydrazone groups is 1. The molecule has 1 aromatic carbocycles. The van der Waals surface area contributed by atoms with Crippen LogP contribution in [0.1, 0.15) is 33.6 Å². The second-order valence-electron chi connectivity index (χ2n) is 6.35. The van der Waals surface area contributed by atoms with Crippen molar-refractivity contribution >= 4 is 17.3 Å². The number of nitrogens with two attached hydrogens (primary N) is 1. The molecular formula is C16H22FN3O. The fourth-order valence-corrected chi connectivity index (χ4v) is 2.54. The maximum absolute atomic E-state index is 13.4. The molecule has 21 heavy (non-hydrogen) atoms. The Balaban J connectivity index is 2.36. The van der Waals surface area contributed by atoms with Gasteiger partial charge in [-0.25, -0.2) is 9.40 Å². The molecule has 5 heteroatoms. The molecule has 1 aliphatic heterocycles. The van der Waals surface area contributed by atoms with Gasteiger partial charge in [-0.15, -0.1) is 0 Å². The predicted octanol–water partition coefficient (Wildman–Crippen LogP) is 2.93. The third kappa shape index (κ3) is 3.29. The van der Waals surface area contributed by atoms with Gasteiger partial charge in [-0.05, 0) is 37.6 Å². The molecule has 0 aromatic heterocycles. The van der Waals surface area contributed by atoms with Gasteiger partial charge in [-0.2, -0.15) is 5.10 Å². The molecule has 1 aromatic rings. The van der Waals surface area contributed by atoms with Crippen molar-refractivity contribution in [3.05, 3.63) is 30.1 Å². The number of halogens is 1. The molecule has 0 spiro atoms. The Morgan fingerprint density at radius 2 is 2.10 bits per heavy atom. The highest BCUT2D eigenvalue weighted by Crippen LogP contribution is 2.34. The SMILES string of the molecule is CC(C)(C)C1=NN(c2cccc(F)c2)C(=O)C1CCCN. The van der Waals surface area contributed by atoms with Gasteiger partial charge in [0.05, 0.1) is 17.3 Å². The first-order chi connectivity index (χ1) is 9.84. The van der Waals surface area contributed by atoms with Crippen LogP contribution in [0.5, 0.6) is 0 Å². The summed E-state index contributed by atoms with van der Waals surface area (Å²) in [7, 11) is 0. The molecule has 0 saturated carbocycles. The lowest BCUT2D eigenvalue weighted by Crippen LogP contribution is -2.32. The summed E-state index contributed by atoms with van der Waals surface area (Å²) in [6.07, 6.45) is 1.44. The van der Waals surface area contributed by atoms with Gasteiger partial charge in [0.25, 0.3) is 5.91 Å². The van der Waals surface area contributed by atoms with Gasteiger partial charge < -0.3 is 5.73 Å². The van der Waals surface area contributed by atoms with E-state index in [0.717, 1.165) is 12.1 Å². The van der Waals surface area contributed by atoms with Crippen molar-refractivity contribution in [3.63, 3.8) is 0 Å². The summed E-state index contributed by atoms with van der Waals surface area (Å²) in [5, 5.41) is 5.80. The Hall–Kier alpha value is -1.75. The van der Waals surface area contributed by atoms with Crippen LogP contribution in [-0.4, -0.2) is 18.2 Å². The van der Waals surface area contributed by atoms with Crippen LogP contribution in [0.15, 0.2) is 29.4 Å². The highest BCUT2D eigenvalue weighted by molar-refractivity contribution is 6.17. The van der Waals surface area contributed by atoms with Crippen molar-refractivity contribution in [2.24, 2.45) is 22.2 Å². The molecule has 0 aliphatic carbocycles. The molecule has 1 heterocycles. The number of carbonyl (C=O) groups excluding carboxylic acids is 1. The molecule has 2 rings (SSSR count). The number of carbonyl (C=O) groups is 1. The standard InChI is InChI=1S/C16H22FN3O/c1-16(2,3)14-13(8-5-9-18)15(21)20(19-14)12-7-4-6-11(17)10-12/h4,6-7,10,13H,5,8-9,18H2,1-3H3. The molecule has 0 saturated heterocycles. The van der Waals surface area contributed by atoms with Crippen molar-refractivity contribution in [2.75, 3.05) is 11.6 Å². The molecule has 0 radical (unpaired) electrons. The Kier molecular flexibility index (Phi) is 4.42. The topological polar surface area (TPSA) is 58.7 Å². The summed E-state index contributed by atoms with van der Waals surface area (Å²) in [6.45, 7) is 6.64. The first-order valence-electron chi connectivity index (χ1n) is 7.23. The monoisotopic (exact) mass is 291 g/mol. The van der Waals surface area contributed by atoms with Crippen LogP contribution in [0, 0.1) is 17.2 Å². The lowest BCUT2D eigenvalue weighted by atomic mass is 9.80. The molecule has 0 fully saturated rings. The largest absolute Gasteiger partial charge is 0.330 e. The van der Waals surface area contributed by atoms with Crippen LogP contribution in [0.2, 0.25) is 0 Å². The molecule has 1 unspecified atom stereocenters. The van der Waals surface area contributed by atoms with E-state index in [1.807, 2.05) is 20.8 Å². The number of rotatable bonds is 4. The van der Waals surface area contributed by atoms with E-state index in [1.165, 1.54) is 17.1 Å². The van der Waals surface area contributed by atoms with E-state index >= 15 is 0 Å². The van der Waals surface area contributed by atoms with Gasteiger partial charge in [-0.3, -0.25) is 4.79 Å². The fourth-order valence-electron chi connectivity index (χ4n) is 2.54. The second kappa shape index (κ2) is 5.93. The smallest absolute Gasteiger partial charge is 0.256 e. The lowest BCUT2D eigenvalue weighted by Gasteiger charge is -2.22. The van der Waals surface area contributed by atoms with Gasteiger partial charge in [0.2, 0.25) is 0 Å².